The number of benzene rings is 1. The van der Waals surface area contributed by atoms with Gasteiger partial charge in [0.05, 0.1) is 0 Å². The molecule has 0 unspecified atom stereocenters. The fourth-order valence-electron chi connectivity index (χ4n) is 1.45. The van der Waals surface area contributed by atoms with E-state index in [0.717, 1.165) is 12.2 Å². The Hall–Kier alpha value is -1.81. The molecule has 0 aliphatic carbocycles. The van der Waals surface area contributed by atoms with Gasteiger partial charge in [0.15, 0.2) is 0 Å². The number of hydrogen-bond donors (Lipinski definition) is 1. The number of aromatic nitrogens is 2. The van der Waals surface area contributed by atoms with Crippen LogP contribution in [0.5, 0.6) is 11.6 Å². The van der Waals surface area contributed by atoms with E-state index in [1.807, 2.05) is 13.8 Å². The lowest BCUT2D eigenvalue weighted by atomic mass is 10.3. The van der Waals surface area contributed by atoms with Crippen molar-refractivity contribution >= 4 is 17.5 Å². The van der Waals surface area contributed by atoms with Gasteiger partial charge in [0, 0.05) is 23.3 Å². The van der Waals surface area contributed by atoms with Crippen molar-refractivity contribution in [1.29, 1.82) is 0 Å². The molecule has 1 heterocycles. The van der Waals surface area contributed by atoms with E-state index >= 15 is 0 Å². The van der Waals surface area contributed by atoms with E-state index in [1.54, 1.807) is 30.3 Å². The quantitative estimate of drug-likeness (QED) is 0.914. The van der Waals surface area contributed by atoms with Crippen molar-refractivity contribution in [3.63, 3.8) is 0 Å². The first-order chi connectivity index (χ1) is 8.67. The predicted molar refractivity (Wildman–Crippen MR) is 72.5 cm³/mol. The molecular weight excluding hydrogens is 250 g/mol. The monoisotopic (exact) mass is 263 g/mol. The zero-order valence-electron chi connectivity index (χ0n) is 10.3. The van der Waals surface area contributed by atoms with Crippen LogP contribution >= 0.6 is 11.6 Å². The van der Waals surface area contributed by atoms with Crippen LogP contribution in [0.4, 0.5) is 5.95 Å². The van der Waals surface area contributed by atoms with Gasteiger partial charge in [0.2, 0.25) is 11.8 Å². The minimum absolute atomic E-state index is 0.515. The van der Waals surface area contributed by atoms with Gasteiger partial charge >= 0.3 is 0 Å². The predicted octanol–water partition coefficient (Wildman–Crippen LogP) is 3.66. The summed E-state index contributed by atoms with van der Waals surface area (Å²) in [6, 6.07) is 8.93. The van der Waals surface area contributed by atoms with Crippen LogP contribution in [0.2, 0.25) is 5.02 Å². The van der Waals surface area contributed by atoms with Crippen LogP contribution in [-0.4, -0.2) is 16.5 Å². The molecule has 2 aromatic rings. The highest BCUT2D eigenvalue weighted by Crippen LogP contribution is 2.22. The zero-order chi connectivity index (χ0) is 13.0. The molecule has 94 valence electrons. The SMILES string of the molecule is CCNc1nc(C)cc(Oc2ccc(Cl)cc2)n1. The minimum atomic E-state index is 0.515. The molecule has 4 nitrogen and oxygen atoms in total. The third kappa shape index (κ3) is 3.34. The molecule has 1 N–H and O–H groups in total. The highest BCUT2D eigenvalue weighted by molar-refractivity contribution is 6.30. The molecule has 0 fully saturated rings. The van der Waals surface area contributed by atoms with Crippen molar-refractivity contribution in [1.82, 2.24) is 9.97 Å². The Morgan fingerprint density at radius 3 is 2.61 bits per heavy atom. The average molecular weight is 264 g/mol. The topological polar surface area (TPSA) is 47.0 Å². The molecule has 1 aromatic carbocycles. The number of ether oxygens (including phenoxy) is 1. The zero-order valence-corrected chi connectivity index (χ0v) is 11.0. The lowest BCUT2D eigenvalue weighted by Gasteiger charge is -2.08. The van der Waals surface area contributed by atoms with Gasteiger partial charge in [0.25, 0.3) is 0 Å². The lowest BCUT2D eigenvalue weighted by molar-refractivity contribution is 0.461. The number of nitrogens with zero attached hydrogens (tertiary/aromatic N) is 2. The summed E-state index contributed by atoms with van der Waals surface area (Å²) in [4.78, 5) is 8.52. The molecule has 1 aromatic heterocycles. The molecule has 2 rings (SSSR count). The van der Waals surface area contributed by atoms with Crippen LogP contribution in [-0.2, 0) is 0 Å². The van der Waals surface area contributed by atoms with Gasteiger partial charge < -0.3 is 10.1 Å². The molecule has 0 aliphatic rings. The Kier molecular flexibility index (Phi) is 3.99. The second-order valence-electron chi connectivity index (χ2n) is 3.76. The molecule has 0 aliphatic heterocycles. The van der Waals surface area contributed by atoms with Crippen molar-refractivity contribution in [2.75, 3.05) is 11.9 Å². The van der Waals surface area contributed by atoms with Crippen molar-refractivity contribution in [3.05, 3.63) is 41.0 Å². The first-order valence-electron chi connectivity index (χ1n) is 5.70. The number of nitrogens with one attached hydrogen (secondary N) is 1. The third-order valence-electron chi connectivity index (χ3n) is 2.20. The standard InChI is InChI=1S/C13H14ClN3O/c1-3-15-13-16-9(2)8-12(17-13)18-11-6-4-10(14)5-7-11/h4-8H,3H2,1-2H3,(H,15,16,17). The summed E-state index contributed by atoms with van der Waals surface area (Å²) < 4.78 is 5.65. The smallest absolute Gasteiger partial charge is 0.226 e. The Morgan fingerprint density at radius 1 is 1.22 bits per heavy atom. The molecule has 0 saturated carbocycles. The summed E-state index contributed by atoms with van der Waals surface area (Å²) in [5, 5.41) is 3.74. The van der Waals surface area contributed by atoms with Gasteiger partial charge in [-0.05, 0) is 38.1 Å². The van der Waals surface area contributed by atoms with E-state index in [9.17, 15) is 0 Å². The van der Waals surface area contributed by atoms with E-state index < -0.39 is 0 Å². The normalized spacial score (nSPS) is 10.2. The molecule has 0 radical (unpaired) electrons. The van der Waals surface area contributed by atoms with Crippen LogP contribution < -0.4 is 10.1 Å². The van der Waals surface area contributed by atoms with Crippen LogP contribution in [0.3, 0.4) is 0 Å². The number of anilines is 1. The van der Waals surface area contributed by atoms with E-state index in [0.29, 0.717) is 22.6 Å². The maximum atomic E-state index is 5.82. The number of hydrogen-bond acceptors (Lipinski definition) is 4. The fourth-order valence-corrected chi connectivity index (χ4v) is 1.58. The average Bonchev–Trinajstić information content (AvgIpc) is 2.32. The summed E-state index contributed by atoms with van der Waals surface area (Å²) in [7, 11) is 0. The second-order valence-corrected chi connectivity index (χ2v) is 4.19. The number of rotatable bonds is 4. The molecule has 18 heavy (non-hydrogen) atoms. The fraction of sp³-hybridized carbons (Fsp3) is 0.231. The Bertz CT molecular complexity index is 528. The number of halogens is 1. The highest BCUT2D eigenvalue weighted by atomic mass is 35.5. The van der Waals surface area contributed by atoms with E-state index in [2.05, 4.69) is 15.3 Å². The molecule has 0 bridgehead atoms. The largest absolute Gasteiger partial charge is 0.439 e. The summed E-state index contributed by atoms with van der Waals surface area (Å²) in [5.74, 6) is 1.78. The summed E-state index contributed by atoms with van der Waals surface area (Å²) >= 11 is 5.82. The van der Waals surface area contributed by atoms with Gasteiger partial charge in [-0.2, -0.15) is 4.98 Å². The summed E-state index contributed by atoms with van der Waals surface area (Å²) in [5.41, 5.74) is 0.852. The van der Waals surface area contributed by atoms with Crippen molar-refractivity contribution in [2.45, 2.75) is 13.8 Å². The highest BCUT2D eigenvalue weighted by Gasteiger charge is 2.03. The van der Waals surface area contributed by atoms with E-state index in [-0.39, 0.29) is 0 Å². The van der Waals surface area contributed by atoms with E-state index in [4.69, 9.17) is 16.3 Å². The molecule has 0 amide bonds. The second kappa shape index (κ2) is 5.69. The molecule has 0 atom stereocenters. The van der Waals surface area contributed by atoms with Crippen LogP contribution in [0, 0.1) is 6.92 Å². The summed E-state index contributed by atoms with van der Waals surface area (Å²) in [6.45, 7) is 4.66. The Morgan fingerprint density at radius 2 is 1.94 bits per heavy atom. The number of aryl methyl sites for hydroxylation is 1. The Balaban J connectivity index is 2.20. The maximum Gasteiger partial charge on any atom is 0.226 e. The summed E-state index contributed by atoms with van der Waals surface area (Å²) in [6.07, 6.45) is 0. The van der Waals surface area contributed by atoms with Crippen molar-refractivity contribution in [2.24, 2.45) is 0 Å². The van der Waals surface area contributed by atoms with Crippen molar-refractivity contribution in [3.8, 4) is 11.6 Å². The first-order valence-corrected chi connectivity index (χ1v) is 6.08. The molecular formula is C13H14ClN3O. The molecule has 0 saturated heterocycles. The third-order valence-corrected chi connectivity index (χ3v) is 2.45. The maximum absolute atomic E-state index is 5.82. The lowest BCUT2D eigenvalue weighted by Crippen LogP contribution is -2.03. The van der Waals surface area contributed by atoms with Gasteiger partial charge in [-0.15, -0.1) is 0 Å². The Labute approximate surface area is 111 Å². The van der Waals surface area contributed by atoms with Crippen LogP contribution in [0.25, 0.3) is 0 Å². The molecule has 5 heteroatoms. The minimum Gasteiger partial charge on any atom is -0.439 e. The van der Waals surface area contributed by atoms with Gasteiger partial charge in [-0.1, -0.05) is 11.6 Å². The van der Waals surface area contributed by atoms with Gasteiger partial charge in [0.1, 0.15) is 5.75 Å². The van der Waals surface area contributed by atoms with E-state index in [1.165, 1.54) is 0 Å². The van der Waals surface area contributed by atoms with Gasteiger partial charge in [-0.25, -0.2) is 4.98 Å². The van der Waals surface area contributed by atoms with Crippen LogP contribution in [0.15, 0.2) is 30.3 Å². The van der Waals surface area contributed by atoms with Crippen molar-refractivity contribution < 1.29 is 4.74 Å². The van der Waals surface area contributed by atoms with Gasteiger partial charge in [-0.3, -0.25) is 0 Å². The van der Waals surface area contributed by atoms with Crippen LogP contribution in [0.1, 0.15) is 12.6 Å². The molecule has 0 spiro atoms. The first kappa shape index (κ1) is 12.6.